The van der Waals surface area contributed by atoms with Crippen LogP contribution in [0.1, 0.15) is 53.6 Å². The molecule has 0 saturated carbocycles. The van der Waals surface area contributed by atoms with Crippen LogP contribution in [-0.2, 0) is 6.42 Å². The van der Waals surface area contributed by atoms with Crippen LogP contribution in [0, 0.1) is 13.8 Å². The van der Waals surface area contributed by atoms with E-state index in [-0.39, 0.29) is 18.2 Å². The highest BCUT2D eigenvalue weighted by Gasteiger charge is 2.43. The lowest BCUT2D eigenvalue weighted by Gasteiger charge is -2.36. The molecule has 0 amide bonds. The second kappa shape index (κ2) is 9.55. The Kier molecular flexibility index (Phi) is 7.24. The molecule has 0 bridgehead atoms. The average Bonchev–Trinajstić information content (AvgIpc) is 3.13. The number of ketones is 1. The minimum Gasteiger partial charge on any atom is -0.490 e. The molecule has 1 fully saturated rings. The van der Waals surface area contributed by atoms with E-state index < -0.39 is 5.54 Å². The summed E-state index contributed by atoms with van der Waals surface area (Å²) in [5.41, 5.74) is 3.12. The van der Waals surface area contributed by atoms with Crippen molar-refractivity contribution in [1.82, 2.24) is 19.7 Å². The zero-order chi connectivity index (χ0) is 21.3. The smallest absolute Gasteiger partial charge is 0.205 e. The Morgan fingerprint density at radius 3 is 2.81 bits per heavy atom. The van der Waals surface area contributed by atoms with E-state index in [4.69, 9.17) is 21.3 Å². The number of imidazole rings is 1. The van der Waals surface area contributed by atoms with Gasteiger partial charge >= 0.3 is 0 Å². The van der Waals surface area contributed by atoms with Crippen LogP contribution >= 0.6 is 24.0 Å². The first-order valence-corrected chi connectivity index (χ1v) is 10.8. The second-order valence-electron chi connectivity index (χ2n) is 7.98. The molecule has 4 heterocycles. The first-order chi connectivity index (χ1) is 14.4. The number of pyridine rings is 2. The average molecular weight is 463 g/mol. The highest BCUT2D eigenvalue weighted by Crippen LogP contribution is 2.34. The summed E-state index contributed by atoms with van der Waals surface area (Å²) < 4.78 is 7.74. The standard InChI is InChI=1S/C23H27ClN4O2.ClH/c1-4-30-20-18(24)12-16(3)26-19(20)21(29)23(9-5-6-10-25-23)13-17-14-28-11-7-8-15(2)22(28)27-17;/h7-8,11-12,14,25H,4-6,9-10,13H2,1-3H3;1H/t23-;/m0./s1. The van der Waals surface area contributed by atoms with E-state index in [1.54, 1.807) is 6.07 Å². The number of piperidine rings is 1. The van der Waals surface area contributed by atoms with Gasteiger partial charge in [-0.3, -0.25) is 4.79 Å². The van der Waals surface area contributed by atoms with Crippen LogP contribution in [-0.4, -0.2) is 38.8 Å². The number of aromatic nitrogens is 3. The Bertz CT molecular complexity index is 1090. The molecule has 1 aliphatic heterocycles. The molecule has 0 aromatic carbocycles. The summed E-state index contributed by atoms with van der Waals surface area (Å²) in [7, 11) is 0. The van der Waals surface area contributed by atoms with Crippen LogP contribution in [0.15, 0.2) is 30.6 Å². The van der Waals surface area contributed by atoms with Gasteiger partial charge in [-0.1, -0.05) is 17.7 Å². The van der Waals surface area contributed by atoms with E-state index in [1.165, 1.54) is 0 Å². The maximum absolute atomic E-state index is 13.9. The van der Waals surface area contributed by atoms with E-state index in [0.29, 0.717) is 35.2 Å². The van der Waals surface area contributed by atoms with Gasteiger partial charge in [0.25, 0.3) is 0 Å². The summed E-state index contributed by atoms with van der Waals surface area (Å²) >= 11 is 6.42. The van der Waals surface area contributed by atoms with Crippen molar-refractivity contribution in [2.45, 2.75) is 52.0 Å². The second-order valence-corrected chi connectivity index (χ2v) is 8.39. The molecule has 0 radical (unpaired) electrons. The molecule has 4 rings (SSSR count). The number of fused-ring (bicyclic) bond motifs is 1. The maximum atomic E-state index is 13.9. The topological polar surface area (TPSA) is 68.5 Å². The molecule has 1 saturated heterocycles. The van der Waals surface area contributed by atoms with Crippen molar-refractivity contribution in [3.63, 3.8) is 0 Å². The lowest BCUT2D eigenvalue weighted by atomic mass is 9.79. The Morgan fingerprint density at radius 2 is 2.13 bits per heavy atom. The molecule has 6 nitrogen and oxygen atoms in total. The van der Waals surface area contributed by atoms with E-state index in [2.05, 4.69) is 10.3 Å². The summed E-state index contributed by atoms with van der Waals surface area (Å²) in [6.07, 6.45) is 7.21. The minimum atomic E-state index is -0.778. The van der Waals surface area contributed by atoms with Gasteiger partial charge in [0.1, 0.15) is 5.65 Å². The number of rotatable bonds is 6. The van der Waals surface area contributed by atoms with Crippen molar-refractivity contribution in [2.24, 2.45) is 0 Å². The lowest BCUT2D eigenvalue weighted by Crippen LogP contribution is -2.56. The van der Waals surface area contributed by atoms with Crippen LogP contribution in [0.4, 0.5) is 0 Å². The number of nitrogens with one attached hydrogen (secondary N) is 1. The molecule has 3 aromatic rings. The van der Waals surface area contributed by atoms with Crippen molar-refractivity contribution in [1.29, 1.82) is 0 Å². The molecule has 1 N–H and O–H groups in total. The Hall–Kier alpha value is -2.15. The zero-order valence-electron chi connectivity index (χ0n) is 18.1. The third-order valence-corrected chi connectivity index (χ3v) is 5.98. The third kappa shape index (κ3) is 4.56. The maximum Gasteiger partial charge on any atom is 0.205 e. The van der Waals surface area contributed by atoms with Crippen molar-refractivity contribution < 1.29 is 9.53 Å². The van der Waals surface area contributed by atoms with Crippen LogP contribution in [0.2, 0.25) is 5.02 Å². The van der Waals surface area contributed by atoms with Crippen molar-refractivity contribution in [3.8, 4) is 5.75 Å². The minimum absolute atomic E-state index is 0. The normalized spacial score (nSPS) is 18.6. The highest BCUT2D eigenvalue weighted by molar-refractivity contribution is 6.32. The van der Waals surface area contributed by atoms with E-state index >= 15 is 0 Å². The van der Waals surface area contributed by atoms with Crippen molar-refractivity contribution in [3.05, 3.63) is 58.3 Å². The Morgan fingerprint density at radius 1 is 1.32 bits per heavy atom. The van der Waals surface area contributed by atoms with Gasteiger partial charge in [-0.2, -0.15) is 0 Å². The molecule has 1 atom stereocenters. The SMILES string of the molecule is CCOc1c(Cl)cc(C)nc1C(=O)[C@@]1(Cc2cn3cccc(C)c3n2)CCCCN1.Cl. The largest absolute Gasteiger partial charge is 0.490 e. The fourth-order valence-electron chi connectivity index (χ4n) is 4.28. The number of ether oxygens (including phenoxy) is 1. The van der Waals surface area contributed by atoms with Crippen molar-refractivity contribution in [2.75, 3.05) is 13.2 Å². The molecular weight excluding hydrogens is 435 g/mol. The summed E-state index contributed by atoms with van der Waals surface area (Å²) in [4.78, 5) is 23.3. The first-order valence-electron chi connectivity index (χ1n) is 10.5. The number of nitrogens with zero attached hydrogens (tertiary/aromatic N) is 3. The molecule has 8 heteroatoms. The quantitative estimate of drug-likeness (QED) is 0.534. The predicted octanol–water partition coefficient (Wildman–Crippen LogP) is 4.76. The molecule has 1 aliphatic rings. The number of hydrogen-bond donors (Lipinski definition) is 1. The van der Waals surface area contributed by atoms with Crippen LogP contribution < -0.4 is 10.1 Å². The van der Waals surface area contributed by atoms with Crippen LogP contribution in [0.5, 0.6) is 5.75 Å². The lowest BCUT2D eigenvalue weighted by molar-refractivity contribution is 0.0799. The van der Waals surface area contributed by atoms with Gasteiger partial charge in [-0.05, 0) is 64.3 Å². The summed E-state index contributed by atoms with van der Waals surface area (Å²) in [6, 6.07) is 5.77. The van der Waals surface area contributed by atoms with Gasteiger partial charge < -0.3 is 14.5 Å². The van der Waals surface area contributed by atoms with Gasteiger partial charge in [0, 0.05) is 24.5 Å². The monoisotopic (exact) mass is 462 g/mol. The summed E-state index contributed by atoms with van der Waals surface area (Å²) in [5, 5.41) is 3.93. The van der Waals surface area contributed by atoms with Crippen molar-refractivity contribution >= 4 is 35.4 Å². The molecule has 0 unspecified atom stereocenters. The number of hydrogen-bond acceptors (Lipinski definition) is 5. The molecule has 31 heavy (non-hydrogen) atoms. The van der Waals surface area contributed by atoms with Crippen LogP contribution in [0.3, 0.4) is 0 Å². The molecular formula is C23H28Cl2N4O2. The fraction of sp³-hybridized carbons (Fsp3) is 0.435. The summed E-state index contributed by atoms with van der Waals surface area (Å²) in [6.45, 7) is 6.94. The number of halogens is 2. The van der Waals surface area contributed by atoms with Gasteiger partial charge in [0.05, 0.1) is 22.9 Å². The summed E-state index contributed by atoms with van der Waals surface area (Å²) in [5.74, 6) is 0.289. The number of carbonyl (C=O) groups is 1. The predicted molar refractivity (Wildman–Crippen MR) is 125 cm³/mol. The molecule has 0 spiro atoms. The number of carbonyl (C=O) groups excluding carboxylic acids is 1. The van der Waals surface area contributed by atoms with Gasteiger partial charge in [-0.15, -0.1) is 12.4 Å². The number of aryl methyl sites for hydroxylation is 2. The van der Waals surface area contributed by atoms with Gasteiger partial charge in [0.15, 0.2) is 11.4 Å². The van der Waals surface area contributed by atoms with E-state index in [0.717, 1.165) is 42.7 Å². The number of Topliss-reactive ketones (excluding diaryl/α,β-unsaturated/α-hetero) is 1. The Balaban J connectivity index is 0.00000272. The molecule has 3 aromatic heterocycles. The van der Waals surface area contributed by atoms with Gasteiger partial charge in [0.2, 0.25) is 5.78 Å². The van der Waals surface area contributed by atoms with Crippen LogP contribution in [0.25, 0.3) is 5.65 Å². The molecule has 0 aliphatic carbocycles. The molecule has 166 valence electrons. The fourth-order valence-corrected chi connectivity index (χ4v) is 4.58. The Labute approximate surface area is 193 Å². The zero-order valence-corrected chi connectivity index (χ0v) is 19.6. The third-order valence-electron chi connectivity index (χ3n) is 5.70. The van der Waals surface area contributed by atoms with E-state index in [1.807, 2.05) is 49.7 Å². The van der Waals surface area contributed by atoms with E-state index in [9.17, 15) is 4.79 Å². The highest BCUT2D eigenvalue weighted by atomic mass is 35.5. The van der Waals surface area contributed by atoms with Gasteiger partial charge in [-0.25, -0.2) is 9.97 Å². The first kappa shape index (κ1) is 23.5.